The molecule has 0 aliphatic carbocycles. The van der Waals surface area contributed by atoms with Crippen LogP contribution in [0.3, 0.4) is 0 Å². The number of thioether (sulfide) groups is 1. The lowest BCUT2D eigenvalue weighted by molar-refractivity contribution is 0.737. The standard InChI is InChI=1S/C8H11NS.C4H10.CH4/c1-9-7-3-5-8(10-2)6-4-7;1-4(2)3;/h3-6,9H,1-2H3;4H,1-3H3;1H4. The summed E-state index contributed by atoms with van der Waals surface area (Å²) in [5.41, 5.74) is 1.16. The molecule has 0 spiro atoms. The zero-order valence-corrected chi connectivity index (χ0v) is 10.6. The maximum absolute atomic E-state index is 3.07. The average Bonchev–Trinajstić information content (AvgIpc) is 2.17. The Morgan fingerprint density at radius 3 is 1.73 bits per heavy atom. The Hall–Kier alpha value is -0.630. The summed E-state index contributed by atoms with van der Waals surface area (Å²) in [6.07, 6.45) is 2.08. The van der Waals surface area contributed by atoms with E-state index in [-0.39, 0.29) is 7.43 Å². The minimum absolute atomic E-state index is 0. The Morgan fingerprint density at radius 1 is 1.07 bits per heavy atom. The molecule has 15 heavy (non-hydrogen) atoms. The van der Waals surface area contributed by atoms with Crippen molar-refractivity contribution in [2.75, 3.05) is 18.6 Å². The van der Waals surface area contributed by atoms with Crippen molar-refractivity contribution in [1.29, 1.82) is 0 Å². The summed E-state index contributed by atoms with van der Waals surface area (Å²) < 4.78 is 0. The third kappa shape index (κ3) is 9.67. The van der Waals surface area contributed by atoms with E-state index in [1.54, 1.807) is 11.8 Å². The van der Waals surface area contributed by atoms with Crippen molar-refractivity contribution in [2.24, 2.45) is 5.92 Å². The van der Waals surface area contributed by atoms with E-state index in [1.165, 1.54) is 4.90 Å². The Labute approximate surface area is 99.7 Å². The van der Waals surface area contributed by atoms with E-state index in [9.17, 15) is 0 Å². The maximum atomic E-state index is 3.07. The van der Waals surface area contributed by atoms with Gasteiger partial charge in [0.25, 0.3) is 0 Å². The predicted molar refractivity (Wildman–Crippen MR) is 75.0 cm³/mol. The molecule has 1 nitrogen and oxygen atoms in total. The van der Waals surface area contributed by atoms with Gasteiger partial charge in [0, 0.05) is 17.6 Å². The van der Waals surface area contributed by atoms with Gasteiger partial charge in [0.1, 0.15) is 0 Å². The molecule has 1 aromatic rings. The highest BCUT2D eigenvalue weighted by molar-refractivity contribution is 7.98. The summed E-state index contributed by atoms with van der Waals surface area (Å²) in [6, 6.07) is 8.37. The minimum atomic E-state index is 0. The van der Waals surface area contributed by atoms with Crippen molar-refractivity contribution in [3.63, 3.8) is 0 Å². The fourth-order valence-corrected chi connectivity index (χ4v) is 1.17. The molecular weight excluding hydrogens is 202 g/mol. The summed E-state index contributed by atoms with van der Waals surface area (Å²) in [5, 5.41) is 3.07. The van der Waals surface area contributed by atoms with Crippen LogP contribution in [0, 0.1) is 5.92 Å². The van der Waals surface area contributed by atoms with Crippen LogP contribution >= 0.6 is 11.8 Å². The van der Waals surface area contributed by atoms with E-state index in [0.717, 1.165) is 11.6 Å². The Balaban J connectivity index is 0. The fraction of sp³-hybridized carbons (Fsp3) is 0.538. The molecule has 0 fully saturated rings. The summed E-state index contributed by atoms with van der Waals surface area (Å²) in [4.78, 5) is 1.30. The molecule has 0 bridgehead atoms. The van der Waals surface area contributed by atoms with E-state index < -0.39 is 0 Å². The second kappa shape index (κ2) is 9.91. The van der Waals surface area contributed by atoms with Gasteiger partial charge in [-0.25, -0.2) is 0 Å². The van der Waals surface area contributed by atoms with Crippen LogP contribution in [0.25, 0.3) is 0 Å². The third-order valence-electron chi connectivity index (χ3n) is 1.38. The van der Waals surface area contributed by atoms with Gasteiger partial charge >= 0.3 is 0 Å². The van der Waals surface area contributed by atoms with Crippen molar-refractivity contribution in [1.82, 2.24) is 0 Å². The molecule has 0 amide bonds. The maximum Gasteiger partial charge on any atom is 0.0338 e. The third-order valence-corrected chi connectivity index (χ3v) is 2.12. The smallest absolute Gasteiger partial charge is 0.0338 e. The fourth-order valence-electron chi connectivity index (χ4n) is 0.758. The van der Waals surface area contributed by atoms with E-state index in [2.05, 4.69) is 56.6 Å². The van der Waals surface area contributed by atoms with Crippen LogP contribution < -0.4 is 5.32 Å². The SMILES string of the molecule is C.CC(C)C.CNc1ccc(SC)cc1. The van der Waals surface area contributed by atoms with Gasteiger partial charge in [-0.1, -0.05) is 28.2 Å². The molecule has 88 valence electrons. The van der Waals surface area contributed by atoms with E-state index in [0.29, 0.717) is 0 Å². The Kier molecular flexibility index (Phi) is 11.1. The largest absolute Gasteiger partial charge is 0.388 e. The Bertz CT molecular complexity index is 203. The van der Waals surface area contributed by atoms with Crippen molar-refractivity contribution >= 4 is 17.4 Å². The van der Waals surface area contributed by atoms with Crippen LogP contribution in [-0.4, -0.2) is 13.3 Å². The molecular formula is C13H25NS. The van der Waals surface area contributed by atoms with Crippen LogP contribution in [0.1, 0.15) is 28.2 Å². The number of anilines is 1. The van der Waals surface area contributed by atoms with Gasteiger partial charge in [-0.15, -0.1) is 11.8 Å². The summed E-state index contributed by atoms with van der Waals surface area (Å²) in [7, 11) is 1.92. The summed E-state index contributed by atoms with van der Waals surface area (Å²) >= 11 is 1.76. The van der Waals surface area contributed by atoms with Crippen molar-refractivity contribution in [3.8, 4) is 0 Å². The normalized spacial score (nSPS) is 8.67. The molecule has 1 rings (SSSR count). The van der Waals surface area contributed by atoms with Gasteiger partial charge in [-0.3, -0.25) is 0 Å². The molecule has 0 aromatic heterocycles. The molecule has 0 unspecified atom stereocenters. The highest BCUT2D eigenvalue weighted by Crippen LogP contribution is 2.16. The number of rotatable bonds is 2. The molecule has 2 heteroatoms. The first kappa shape index (κ1) is 16.8. The van der Waals surface area contributed by atoms with Gasteiger partial charge in [0.2, 0.25) is 0 Å². The first-order chi connectivity index (χ1) is 6.60. The Morgan fingerprint density at radius 2 is 1.47 bits per heavy atom. The van der Waals surface area contributed by atoms with Crippen LogP contribution in [0.2, 0.25) is 0 Å². The van der Waals surface area contributed by atoms with Crippen molar-refractivity contribution < 1.29 is 0 Å². The lowest BCUT2D eigenvalue weighted by Gasteiger charge is -1.99. The van der Waals surface area contributed by atoms with Crippen LogP contribution in [0.15, 0.2) is 29.2 Å². The van der Waals surface area contributed by atoms with E-state index in [4.69, 9.17) is 0 Å². The zero-order chi connectivity index (χ0) is 11.0. The predicted octanol–water partition coefficient (Wildman–Crippen LogP) is 4.75. The van der Waals surface area contributed by atoms with Gasteiger partial charge in [-0.05, 0) is 36.4 Å². The zero-order valence-electron chi connectivity index (χ0n) is 9.79. The molecule has 0 radical (unpaired) electrons. The summed E-state index contributed by atoms with van der Waals surface area (Å²) in [6.45, 7) is 6.50. The number of hydrogen-bond acceptors (Lipinski definition) is 2. The molecule has 0 atom stereocenters. The molecule has 1 aromatic carbocycles. The molecule has 1 N–H and O–H groups in total. The second-order valence-corrected chi connectivity index (χ2v) is 4.59. The topological polar surface area (TPSA) is 12.0 Å². The molecule has 0 saturated carbocycles. The van der Waals surface area contributed by atoms with Gasteiger partial charge < -0.3 is 5.32 Å². The highest BCUT2D eigenvalue weighted by atomic mass is 32.2. The second-order valence-electron chi connectivity index (χ2n) is 3.71. The number of nitrogens with one attached hydrogen (secondary N) is 1. The van der Waals surface area contributed by atoms with Gasteiger partial charge in [0.05, 0.1) is 0 Å². The first-order valence-corrected chi connectivity index (χ1v) is 6.14. The lowest BCUT2D eigenvalue weighted by Crippen LogP contribution is -1.85. The molecule has 0 aliphatic heterocycles. The van der Waals surface area contributed by atoms with Gasteiger partial charge in [0.15, 0.2) is 0 Å². The molecule has 0 heterocycles. The number of benzene rings is 1. The average molecular weight is 227 g/mol. The highest BCUT2D eigenvalue weighted by Gasteiger charge is 1.88. The van der Waals surface area contributed by atoms with E-state index in [1.807, 2.05) is 7.05 Å². The van der Waals surface area contributed by atoms with Gasteiger partial charge in [-0.2, -0.15) is 0 Å². The van der Waals surface area contributed by atoms with Crippen LogP contribution in [-0.2, 0) is 0 Å². The van der Waals surface area contributed by atoms with Crippen molar-refractivity contribution in [2.45, 2.75) is 33.1 Å². The summed E-state index contributed by atoms with van der Waals surface area (Å²) in [5.74, 6) is 0.833. The molecule has 0 saturated heterocycles. The van der Waals surface area contributed by atoms with Crippen molar-refractivity contribution in [3.05, 3.63) is 24.3 Å². The lowest BCUT2D eigenvalue weighted by atomic mass is 10.3. The quantitative estimate of drug-likeness (QED) is 0.732. The first-order valence-electron chi connectivity index (χ1n) is 4.92. The molecule has 0 aliphatic rings. The van der Waals surface area contributed by atoms with Crippen LogP contribution in [0.4, 0.5) is 5.69 Å². The number of hydrogen-bond donors (Lipinski definition) is 1. The van der Waals surface area contributed by atoms with Crippen LogP contribution in [0.5, 0.6) is 0 Å². The minimum Gasteiger partial charge on any atom is -0.388 e. The van der Waals surface area contributed by atoms with E-state index >= 15 is 0 Å². The monoisotopic (exact) mass is 227 g/mol.